The number of aromatic nitrogens is 1. The van der Waals surface area contributed by atoms with E-state index in [1.54, 1.807) is 7.11 Å². The van der Waals surface area contributed by atoms with Gasteiger partial charge in [-0.2, -0.15) is 0 Å². The number of hydrogen-bond acceptors (Lipinski definition) is 4. The number of ether oxygens (including phenoxy) is 1. The molecule has 1 N–H and O–H groups in total. The topological polar surface area (TPSA) is 37.4 Å². The Bertz CT molecular complexity index is 904. The van der Waals surface area contributed by atoms with Crippen molar-refractivity contribution in [1.82, 2.24) is 9.88 Å². The molecule has 1 unspecified atom stereocenters. The van der Waals surface area contributed by atoms with Crippen molar-refractivity contribution in [1.29, 1.82) is 0 Å². The van der Waals surface area contributed by atoms with Crippen LogP contribution in [0.3, 0.4) is 0 Å². The van der Waals surface area contributed by atoms with Crippen molar-refractivity contribution in [2.75, 3.05) is 25.5 Å². The fraction of sp³-hybridized carbons (Fsp3) is 0.318. The van der Waals surface area contributed by atoms with Crippen molar-refractivity contribution in [3.05, 3.63) is 66.0 Å². The van der Waals surface area contributed by atoms with Gasteiger partial charge in [0.05, 0.1) is 7.11 Å². The Hall–Kier alpha value is -2.59. The first-order valence-corrected chi connectivity index (χ1v) is 9.18. The molecule has 1 fully saturated rings. The zero-order valence-corrected chi connectivity index (χ0v) is 15.4. The molecule has 1 aliphatic heterocycles. The molecule has 26 heavy (non-hydrogen) atoms. The molecule has 0 radical (unpaired) electrons. The van der Waals surface area contributed by atoms with E-state index in [1.165, 1.54) is 27.6 Å². The third-order valence-electron chi connectivity index (χ3n) is 5.20. The van der Waals surface area contributed by atoms with E-state index in [4.69, 9.17) is 4.74 Å². The first kappa shape index (κ1) is 16.9. The van der Waals surface area contributed by atoms with Crippen molar-refractivity contribution in [3.63, 3.8) is 0 Å². The molecular formula is C22H25N3O. The summed E-state index contributed by atoms with van der Waals surface area (Å²) in [5, 5.41) is 6.15. The number of anilines is 1. The van der Waals surface area contributed by atoms with Crippen LogP contribution in [0.25, 0.3) is 10.8 Å². The van der Waals surface area contributed by atoms with E-state index in [0.29, 0.717) is 6.04 Å². The van der Waals surface area contributed by atoms with E-state index in [2.05, 4.69) is 64.6 Å². The number of nitrogens with zero attached hydrogens (tertiary/aromatic N) is 2. The number of methoxy groups -OCH3 is 1. The number of para-hydroxylation sites is 1. The van der Waals surface area contributed by atoms with Crippen LogP contribution in [0.1, 0.15) is 17.5 Å². The summed E-state index contributed by atoms with van der Waals surface area (Å²) < 4.78 is 5.61. The second-order valence-electron chi connectivity index (χ2n) is 7.03. The average Bonchev–Trinajstić information content (AvgIpc) is 3.09. The third kappa shape index (κ3) is 3.37. The standard InChI is InChI=1S/C22H25N3O/c1-16-5-3-7-18(22(16)26-2)14-25-12-10-19(15-25)24-21-8-4-6-17-13-23-11-9-20(17)21/h3-9,11,13,19,24H,10,12,14-15H2,1-2H3. The molecule has 4 nitrogen and oxygen atoms in total. The van der Waals surface area contributed by atoms with E-state index < -0.39 is 0 Å². The van der Waals surface area contributed by atoms with Crippen molar-refractivity contribution < 1.29 is 4.74 Å². The van der Waals surface area contributed by atoms with Crippen LogP contribution < -0.4 is 10.1 Å². The Labute approximate surface area is 154 Å². The van der Waals surface area contributed by atoms with Gasteiger partial charge in [-0.15, -0.1) is 0 Å². The number of hydrogen-bond donors (Lipinski definition) is 1. The predicted octanol–water partition coefficient (Wildman–Crippen LogP) is 4.24. The van der Waals surface area contributed by atoms with Gasteiger partial charge >= 0.3 is 0 Å². The first-order chi connectivity index (χ1) is 12.7. The zero-order valence-electron chi connectivity index (χ0n) is 15.4. The minimum absolute atomic E-state index is 0.463. The number of fused-ring (bicyclic) bond motifs is 1. The fourth-order valence-electron chi connectivity index (χ4n) is 3.93. The molecule has 0 saturated carbocycles. The van der Waals surface area contributed by atoms with E-state index >= 15 is 0 Å². The Balaban J connectivity index is 1.45. The monoisotopic (exact) mass is 347 g/mol. The van der Waals surface area contributed by atoms with Gasteiger partial charge in [-0.1, -0.05) is 30.3 Å². The third-order valence-corrected chi connectivity index (χ3v) is 5.20. The zero-order chi connectivity index (χ0) is 17.9. The number of likely N-dealkylation sites (tertiary alicyclic amines) is 1. The second kappa shape index (κ2) is 7.34. The molecule has 2 aromatic carbocycles. The highest BCUT2D eigenvalue weighted by Gasteiger charge is 2.23. The van der Waals surface area contributed by atoms with Gasteiger partial charge in [-0.05, 0) is 31.0 Å². The molecule has 0 bridgehead atoms. The van der Waals surface area contributed by atoms with Gasteiger partial charge in [0.1, 0.15) is 5.75 Å². The van der Waals surface area contributed by atoms with E-state index in [9.17, 15) is 0 Å². The van der Waals surface area contributed by atoms with E-state index in [-0.39, 0.29) is 0 Å². The Morgan fingerprint density at radius 2 is 2.08 bits per heavy atom. The summed E-state index contributed by atoms with van der Waals surface area (Å²) in [4.78, 5) is 6.72. The molecule has 0 spiro atoms. The van der Waals surface area contributed by atoms with Crippen LogP contribution >= 0.6 is 0 Å². The molecular weight excluding hydrogens is 322 g/mol. The van der Waals surface area contributed by atoms with Crippen LogP contribution in [0.2, 0.25) is 0 Å². The fourth-order valence-corrected chi connectivity index (χ4v) is 3.93. The quantitative estimate of drug-likeness (QED) is 0.749. The maximum atomic E-state index is 5.61. The van der Waals surface area contributed by atoms with Crippen LogP contribution in [0.15, 0.2) is 54.9 Å². The van der Waals surface area contributed by atoms with Crippen molar-refractivity contribution >= 4 is 16.5 Å². The lowest BCUT2D eigenvalue weighted by atomic mass is 10.1. The summed E-state index contributed by atoms with van der Waals surface area (Å²) in [6, 6.07) is 15.3. The molecule has 4 heteroatoms. The molecule has 1 atom stereocenters. The Morgan fingerprint density at radius 1 is 1.19 bits per heavy atom. The van der Waals surface area contributed by atoms with Gasteiger partial charge in [-0.25, -0.2) is 0 Å². The van der Waals surface area contributed by atoms with Crippen molar-refractivity contribution in [2.24, 2.45) is 0 Å². The van der Waals surface area contributed by atoms with Crippen LogP contribution in [-0.4, -0.2) is 36.1 Å². The van der Waals surface area contributed by atoms with Gasteiger partial charge < -0.3 is 10.1 Å². The molecule has 0 amide bonds. The molecule has 4 rings (SSSR count). The smallest absolute Gasteiger partial charge is 0.126 e. The summed E-state index contributed by atoms with van der Waals surface area (Å²) in [5.74, 6) is 1.02. The van der Waals surface area contributed by atoms with Gasteiger partial charge in [-0.3, -0.25) is 9.88 Å². The summed E-state index contributed by atoms with van der Waals surface area (Å²) in [6.07, 6.45) is 4.93. The number of rotatable bonds is 5. The van der Waals surface area contributed by atoms with Gasteiger partial charge in [0.25, 0.3) is 0 Å². The van der Waals surface area contributed by atoms with Crippen LogP contribution in [0, 0.1) is 6.92 Å². The number of aryl methyl sites for hydroxylation is 1. The Morgan fingerprint density at radius 3 is 2.96 bits per heavy atom. The summed E-state index contributed by atoms with van der Waals surface area (Å²) in [5.41, 5.74) is 3.66. The largest absolute Gasteiger partial charge is 0.496 e. The SMILES string of the molecule is COc1c(C)cccc1CN1CCC(Nc2cccc3cnccc23)C1. The van der Waals surface area contributed by atoms with Crippen molar-refractivity contribution in [2.45, 2.75) is 25.9 Å². The highest BCUT2D eigenvalue weighted by Crippen LogP contribution is 2.28. The summed E-state index contributed by atoms with van der Waals surface area (Å²) in [6.45, 7) is 5.17. The average molecular weight is 347 g/mol. The van der Waals surface area contributed by atoms with Gasteiger partial charge in [0.15, 0.2) is 0 Å². The lowest BCUT2D eigenvalue weighted by molar-refractivity contribution is 0.318. The summed E-state index contributed by atoms with van der Waals surface area (Å²) >= 11 is 0. The van der Waals surface area contributed by atoms with E-state index in [0.717, 1.165) is 31.8 Å². The highest BCUT2D eigenvalue weighted by molar-refractivity contribution is 5.93. The van der Waals surface area contributed by atoms with E-state index in [1.807, 2.05) is 12.4 Å². The lowest BCUT2D eigenvalue weighted by Crippen LogP contribution is -2.26. The maximum absolute atomic E-state index is 5.61. The molecule has 1 aromatic heterocycles. The normalized spacial score (nSPS) is 17.5. The second-order valence-corrected chi connectivity index (χ2v) is 7.03. The number of benzene rings is 2. The lowest BCUT2D eigenvalue weighted by Gasteiger charge is -2.20. The molecule has 1 saturated heterocycles. The first-order valence-electron chi connectivity index (χ1n) is 9.18. The minimum Gasteiger partial charge on any atom is -0.496 e. The van der Waals surface area contributed by atoms with Gasteiger partial charge in [0.2, 0.25) is 0 Å². The number of pyridine rings is 1. The number of nitrogens with one attached hydrogen (secondary N) is 1. The maximum Gasteiger partial charge on any atom is 0.126 e. The molecule has 1 aliphatic rings. The van der Waals surface area contributed by atoms with Crippen molar-refractivity contribution in [3.8, 4) is 5.75 Å². The molecule has 2 heterocycles. The predicted molar refractivity (Wildman–Crippen MR) is 107 cm³/mol. The van der Waals surface area contributed by atoms with Crippen LogP contribution in [0.4, 0.5) is 5.69 Å². The molecule has 134 valence electrons. The molecule has 0 aliphatic carbocycles. The molecule has 3 aromatic rings. The summed E-state index contributed by atoms with van der Waals surface area (Å²) in [7, 11) is 1.76. The van der Waals surface area contributed by atoms with Crippen LogP contribution in [-0.2, 0) is 6.54 Å². The van der Waals surface area contributed by atoms with Gasteiger partial charge in [0, 0.05) is 60.1 Å². The highest BCUT2D eigenvalue weighted by atomic mass is 16.5. The van der Waals surface area contributed by atoms with Crippen LogP contribution in [0.5, 0.6) is 5.75 Å². The Kier molecular flexibility index (Phi) is 4.76. The minimum atomic E-state index is 0.463.